The molecule has 33 heavy (non-hydrogen) atoms. The first kappa shape index (κ1) is 26.6. The van der Waals surface area contributed by atoms with Gasteiger partial charge in [0.25, 0.3) is 10.0 Å². The van der Waals surface area contributed by atoms with Crippen LogP contribution in [0.1, 0.15) is 17.5 Å². The van der Waals surface area contributed by atoms with Crippen molar-refractivity contribution in [1.29, 1.82) is 5.41 Å². The summed E-state index contributed by atoms with van der Waals surface area (Å²) >= 11 is 6.79. The van der Waals surface area contributed by atoms with Crippen molar-refractivity contribution in [1.82, 2.24) is 9.62 Å². The molecule has 2 heterocycles. The second-order valence-electron chi connectivity index (χ2n) is 6.72. The number of carbonyl (C=O) groups is 2. The van der Waals surface area contributed by atoms with E-state index in [1.807, 2.05) is 6.07 Å². The van der Waals surface area contributed by atoms with Gasteiger partial charge in [-0.25, -0.2) is 13.2 Å². The number of nitrogen functional groups attached to an aromatic ring is 1. The number of hydrogen-bond acceptors (Lipinski definition) is 6. The molecular formula is C18H18ClF3N4O5S2. The van der Waals surface area contributed by atoms with Crippen molar-refractivity contribution in [2.75, 3.05) is 6.54 Å². The quantitative estimate of drug-likeness (QED) is 0.335. The summed E-state index contributed by atoms with van der Waals surface area (Å²) in [5.74, 6) is -3.07. The fraction of sp³-hybridized carbons (Fsp3) is 0.278. The number of aliphatic carboxylic acids is 1. The van der Waals surface area contributed by atoms with E-state index in [0.717, 1.165) is 16.9 Å². The van der Waals surface area contributed by atoms with Gasteiger partial charge in [-0.15, -0.1) is 11.3 Å². The monoisotopic (exact) mass is 526 g/mol. The minimum atomic E-state index is -5.08. The first-order valence-corrected chi connectivity index (χ1v) is 11.7. The number of carboxylic acids is 1. The van der Waals surface area contributed by atoms with Gasteiger partial charge in [0.05, 0.1) is 5.02 Å². The van der Waals surface area contributed by atoms with E-state index in [1.54, 1.807) is 23.1 Å². The zero-order valence-corrected chi connectivity index (χ0v) is 19.0. The van der Waals surface area contributed by atoms with Crippen LogP contribution in [0.25, 0.3) is 0 Å². The van der Waals surface area contributed by atoms with Gasteiger partial charge >= 0.3 is 12.1 Å². The fourth-order valence-electron chi connectivity index (χ4n) is 2.74. The van der Waals surface area contributed by atoms with Crippen molar-refractivity contribution in [2.45, 2.75) is 29.4 Å². The minimum Gasteiger partial charge on any atom is -0.475 e. The van der Waals surface area contributed by atoms with E-state index < -0.39 is 28.2 Å². The SMILES string of the molecule is N=C(N)c1cccc(CN2CC[C@H](NS(=O)(=O)c3cc(Cl)cs3)C2=O)c1.O=C(O)C(F)(F)F. The van der Waals surface area contributed by atoms with E-state index in [1.165, 1.54) is 11.4 Å². The third kappa shape index (κ3) is 7.42. The summed E-state index contributed by atoms with van der Waals surface area (Å²) < 4.78 is 59.0. The van der Waals surface area contributed by atoms with Crippen LogP contribution in [0.4, 0.5) is 13.2 Å². The molecule has 9 nitrogen and oxygen atoms in total. The lowest BCUT2D eigenvalue weighted by Crippen LogP contribution is -2.41. The van der Waals surface area contributed by atoms with Crippen LogP contribution in [0.15, 0.2) is 39.9 Å². The zero-order chi connectivity index (χ0) is 25.0. The molecule has 0 unspecified atom stereocenters. The van der Waals surface area contributed by atoms with Crippen molar-refractivity contribution in [3.63, 3.8) is 0 Å². The van der Waals surface area contributed by atoms with E-state index in [-0.39, 0.29) is 16.0 Å². The van der Waals surface area contributed by atoms with Crippen molar-refractivity contribution >= 4 is 50.7 Å². The van der Waals surface area contributed by atoms with Crippen molar-refractivity contribution < 1.29 is 36.3 Å². The fourth-order valence-corrected chi connectivity index (χ4v) is 5.39. The second kappa shape index (κ2) is 10.5. The average molecular weight is 527 g/mol. The van der Waals surface area contributed by atoms with Crippen LogP contribution < -0.4 is 10.5 Å². The Bertz CT molecular complexity index is 1150. The molecule has 0 radical (unpaired) electrons. The third-order valence-corrected chi connectivity index (χ3v) is 7.52. The molecule has 1 fully saturated rings. The number of carbonyl (C=O) groups excluding carboxylic acids is 1. The Morgan fingerprint density at radius 2 is 2.00 bits per heavy atom. The maximum absolute atomic E-state index is 12.6. The molecule has 180 valence electrons. The van der Waals surface area contributed by atoms with Crippen LogP contribution >= 0.6 is 22.9 Å². The Morgan fingerprint density at radius 1 is 1.36 bits per heavy atom. The Hall–Kier alpha value is -2.68. The highest BCUT2D eigenvalue weighted by molar-refractivity contribution is 7.91. The first-order chi connectivity index (χ1) is 15.2. The molecule has 15 heteroatoms. The molecule has 1 aromatic heterocycles. The van der Waals surface area contributed by atoms with Gasteiger partial charge in [-0.1, -0.05) is 29.8 Å². The van der Waals surface area contributed by atoms with E-state index in [4.69, 9.17) is 32.6 Å². The molecule has 1 aliphatic heterocycles. The largest absolute Gasteiger partial charge is 0.490 e. The predicted molar refractivity (Wildman–Crippen MR) is 115 cm³/mol. The van der Waals surface area contributed by atoms with Gasteiger partial charge < -0.3 is 15.7 Å². The number of sulfonamides is 1. The summed E-state index contributed by atoms with van der Waals surface area (Å²) in [7, 11) is -3.78. The van der Waals surface area contributed by atoms with Crippen molar-refractivity contribution in [2.24, 2.45) is 5.73 Å². The van der Waals surface area contributed by atoms with Crippen LogP contribution in [0, 0.1) is 5.41 Å². The highest BCUT2D eigenvalue weighted by Crippen LogP contribution is 2.25. The summed E-state index contributed by atoms with van der Waals surface area (Å²) in [5.41, 5.74) is 6.90. The van der Waals surface area contributed by atoms with Crippen molar-refractivity contribution in [3.05, 3.63) is 51.9 Å². The summed E-state index contributed by atoms with van der Waals surface area (Å²) in [6.07, 6.45) is -4.69. The Kier molecular flexibility index (Phi) is 8.46. The topological polar surface area (TPSA) is 154 Å². The number of halogens is 4. The maximum Gasteiger partial charge on any atom is 0.490 e. The summed E-state index contributed by atoms with van der Waals surface area (Å²) in [6.45, 7) is 0.782. The Labute approximate surface area is 195 Å². The van der Waals surface area contributed by atoms with E-state index in [9.17, 15) is 26.4 Å². The van der Waals surface area contributed by atoms with Crippen molar-refractivity contribution in [3.8, 4) is 0 Å². The summed E-state index contributed by atoms with van der Waals surface area (Å²) in [5, 5.41) is 16.5. The molecule has 1 saturated heterocycles. The molecule has 1 atom stereocenters. The molecule has 1 amide bonds. The van der Waals surface area contributed by atoms with Crippen LogP contribution in [0.3, 0.4) is 0 Å². The van der Waals surface area contributed by atoms with Gasteiger partial charge in [0.2, 0.25) is 5.91 Å². The Morgan fingerprint density at radius 3 is 2.52 bits per heavy atom. The lowest BCUT2D eigenvalue weighted by Gasteiger charge is -2.17. The van der Waals surface area contributed by atoms with Gasteiger partial charge in [0.1, 0.15) is 16.1 Å². The number of nitrogens with two attached hydrogens (primary N) is 1. The molecule has 3 rings (SSSR count). The predicted octanol–water partition coefficient (Wildman–Crippen LogP) is 2.40. The number of nitrogens with zero attached hydrogens (tertiary/aromatic N) is 1. The van der Waals surface area contributed by atoms with E-state index >= 15 is 0 Å². The third-order valence-electron chi connectivity index (χ3n) is 4.26. The van der Waals surface area contributed by atoms with Crippen LogP contribution in [0.2, 0.25) is 5.02 Å². The molecule has 0 bridgehead atoms. The molecule has 0 saturated carbocycles. The maximum atomic E-state index is 12.6. The number of amidine groups is 1. The van der Waals surface area contributed by atoms with Gasteiger partial charge in [0, 0.05) is 24.0 Å². The molecule has 0 aliphatic carbocycles. The number of nitrogens with one attached hydrogen (secondary N) is 2. The lowest BCUT2D eigenvalue weighted by molar-refractivity contribution is -0.192. The minimum absolute atomic E-state index is 0.0418. The zero-order valence-electron chi connectivity index (χ0n) is 16.6. The van der Waals surface area contributed by atoms with E-state index in [2.05, 4.69) is 4.72 Å². The Balaban J connectivity index is 0.000000479. The lowest BCUT2D eigenvalue weighted by atomic mass is 10.1. The summed E-state index contributed by atoms with van der Waals surface area (Å²) in [4.78, 5) is 23.0. The van der Waals surface area contributed by atoms with E-state index in [0.29, 0.717) is 30.1 Å². The highest BCUT2D eigenvalue weighted by Gasteiger charge is 2.38. The molecule has 2 aromatic rings. The number of hydrogen-bond donors (Lipinski definition) is 4. The molecule has 0 spiro atoms. The first-order valence-electron chi connectivity index (χ1n) is 8.99. The van der Waals surface area contributed by atoms with Crippen LogP contribution in [-0.2, 0) is 26.2 Å². The average Bonchev–Trinajstić information content (AvgIpc) is 3.29. The summed E-state index contributed by atoms with van der Waals surface area (Å²) in [6, 6.07) is 7.65. The number of thiophene rings is 1. The number of rotatable bonds is 6. The standard InChI is InChI=1S/C16H17ClN4O3S2.C2HF3O2/c17-12-7-14(25-9-12)26(23,24)20-13-4-5-21(16(13)22)8-10-2-1-3-11(6-10)15(18)19;3-2(4,5)1(6)7/h1-3,6-7,9,13,20H,4-5,8H2,(H3,18,19);(H,6,7)/t13-;/m0./s1. The number of likely N-dealkylation sites (tertiary alicyclic amines) is 1. The number of alkyl halides is 3. The molecular weight excluding hydrogens is 509 g/mol. The number of benzene rings is 1. The molecule has 1 aliphatic rings. The van der Waals surface area contributed by atoms with Crippen LogP contribution in [-0.4, -0.2) is 54.9 Å². The normalized spacial score (nSPS) is 16.3. The van der Waals surface area contributed by atoms with Gasteiger partial charge in [0.15, 0.2) is 0 Å². The van der Waals surface area contributed by atoms with Gasteiger partial charge in [-0.3, -0.25) is 10.2 Å². The second-order valence-corrected chi connectivity index (χ2v) is 10.0. The van der Waals surface area contributed by atoms with Crippen LogP contribution in [0.5, 0.6) is 0 Å². The number of amides is 1. The molecule has 1 aromatic carbocycles. The molecule has 5 N–H and O–H groups in total. The van der Waals surface area contributed by atoms with Gasteiger partial charge in [-0.2, -0.15) is 17.9 Å². The van der Waals surface area contributed by atoms with Gasteiger partial charge in [-0.05, 0) is 24.1 Å². The highest BCUT2D eigenvalue weighted by atomic mass is 35.5. The number of carboxylic acid groups (broad SMARTS) is 1. The smallest absolute Gasteiger partial charge is 0.475 e.